The van der Waals surface area contributed by atoms with Gasteiger partial charge in [0.1, 0.15) is 18.1 Å². The number of hydrogen-bond donors (Lipinski definition) is 1. The van der Waals surface area contributed by atoms with E-state index in [4.69, 9.17) is 9.47 Å². The van der Waals surface area contributed by atoms with Gasteiger partial charge < -0.3 is 14.8 Å². The highest BCUT2D eigenvalue weighted by atomic mass is 16.5. The fraction of sp³-hybridized carbons (Fsp3) is 0.385. The summed E-state index contributed by atoms with van der Waals surface area (Å²) in [7, 11) is 3.30. The van der Waals surface area contributed by atoms with E-state index >= 15 is 0 Å². The number of hydrogen-bond acceptors (Lipinski definition) is 6. The molecule has 0 fully saturated rings. The molecule has 1 amide bonds. The van der Waals surface area contributed by atoms with Gasteiger partial charge in [-0.3, -0.25) is 4.79 Å². The number of aromatic nitrogens is 4. The molecule has 0 spiro atoms. The molecular formula is C13H17N5O3. The normalized spacial score (nSPS) is 10.2. The van der Waals surface area contributed by atoms with E-state index in [9.17, 15) is 4.79 Å². The fourth-order valence-electron chi connectivity index (χ4n) is 1.64. The van der Waals surface area contributed by atoms with E-state index in [-0.39, 0.29) is 12.3 Å². The summed E-state index contributed by atoms with van der Waals surface area (Å²) in [6.45, 7) is 0.797. The summed E-state index contributed by atoms with van der Waals surface area (Å²) in [5, 5.41) is 13.6. The second-order valence-electron chi connectivity index (χ2n) is 4.27. The predicted molar refractivity (Wildman–Crippen MR) is 74.0 cm³/mol. The fourth-order valence-corrected chi connectivity index (χ4v) is 1.64. The van der Waals surface area contributed by atoms with Crippen LogP contribution in [0.15, 0.2) is 24.3 Å². The van der Waals surface area contributed by atoms with Crippen LogP contribution in [0.5, 0.6) is 11.5 Å². The standard InChI is InChI=1S/C13H17N5O3/c1-18-12(15-16-17-18)9-13(19)14-7-8-21-11-5-3-10(20-2)4-6-11/h3-6H,7-9H2,1-2H3,(H,14,19). The predicted octanol–water partition coefficient (Wildman–Crippen LogP) is -0.0436. The topological polar surface area (TPSA) is 91.2 Å². The van der Waals surface area contributed by atoms with Crippen molar-refractivity contribution < 1.29 is 14.3 Å². The monoisotopic (exact) mass is 291 g/mol. The summed E-state index contributed by atoms with van der Waals surface area (Å²) in [6, 6.07) is 7.25. The molecular weight excluding hydrogens is 274 g/mol. The SMILES string of the molecule is COc1ccc(OCCNC(=O)Cc2nnnn2C)cc1. The number of amides is 1. The van der Waals surface area contributed by atoms with Gasteiger partial charge in [0.25, 0.3) is 0 Å². The highest BCUT2D eigenvalue weighted by Gasteiger charge is 2.08. The van der Waals surface area contributed by atoms with Crippen molar-refractivity contribution in [2.45, 2.75) is 6.42 Å². The number of ether oxygens (including phenoxy) is 2. The number of carbonyl (C=O) groups is 1. The molecule has 8 heteroatoms. The second-order valence-corrected chi connectivity index (χ2v) is 4.27. The Bertz CT molecular complexity index is 582. The largest absolute Gasteiger partial charge is 0.497 e. The number of tetrazole rings is 1. The molecule has 0 saturated carbocycles. The highest BCUT2D eigenvalue weighted by molar-refractivity contribution is 5.77. The molecule has 1 N–H and O–H groups in total. The minimum absolute atomic E-state index is 0.145. The van der Waals surface area contributed by atoms with Crippen molar-refractivity contribution in [3.05, 3.63) is 30.1 Å². The summed E-state index contributed by atoms with van der Waals surface area (Å²) in [5.41, 5.74) is 0. The second kappa shape index (κ2) is 7.22. The van der Waals surface area contributed by atoms with Crippen molar-refractivity contribution in [1.29, 1.82) is 0 Å². The number of rotatable bonds is 7. The third-order valence-electron chi connectivity index (χ3n) is 2.78. The Hall–Kier alpha value is -2.64. The number of benzene rings is 1. The lowest BCUT2D eigenvalue weighted by molar-refractivity contribution is -0.120. The third kappa shape index (κ3) is 4.44. The van der Waals surface area contributed by atoms with Crippen LogP contribution in [0, 0.1) is 0 Å². The molecule has 21 heavy (non-hydrogen) atoms. The van der Waals surface area contributed by atoms with E-state index in [2.05, 4.69) is 20.8 Å². The van der Waals surface area contributed by atoms with Crippen LogP contribution in [0.1, 0.15) is 5.82 Å². The summed E-state index contributed by atoms with van der Waals surface area (Å²) in [5.74, 6) is 1.87. The molecule has 112 valence electrons. The molecule has 0 radical (unpaired) electrons. The van der Waals surface area contributed by atoms with Gasteiger partial charge in [-0.15, -0.1) is 5.10 Å². The van der Waals surface area contributed by atoms with Gasteiger partial charge in [0, 0.05) is 7.05 Å². The van der Waals surface area contributed by atoms with E-state index in [1.807, 2.05) is 24.3 Å². The van der Waals surface area contributed by atoms with Crippen molar-refractivity contribution in [2.75, 3.05) is 20.3 Å². The Balaban J connectivity index is 1.67. The number of carbonyl (C=O) groups excluding carboxylic acids is 1. The van der Waals surface area contributed by atoms with Crippen molar-refractivity contribution in [3.8, 4) is 11.5 Å². The van der Waals surface area contributed by atoms with Gasteiger partial charge in [-0.05, 0) is 34.7 Å². The van der Waals surface area contributed by atoms with E-state index in [0.717, 1.165) is 11.5 Å². The first-order chi connectivity index (χ1) is 10.2. The molecule has 1 aromatic carbocycles. The summed E-state index contributed by atoms with van der Waals surface area (Å²) < 4.78 is 12.0. The molecule has 1 heterocycles. The average molecular weight is 291 g/mol. The Labute approximate surface area is 122 Å². The Morgan fingerprint density at radius 3 is 2.62 bits per heavy atom. The summed E-state index contributed by atoms with van der Waals surface area (Å²) in [4.78, 5) is 11.7. The van der Waals surface area contributed by atoms with Gasteiger partial charge in [0.15, 0.2) is 5.82 Å². The average Bonchev–Trinajstić information content (AvgIpc) is 2.89. The number of nitrogens with one attached hydrogen (secondary N) is 1. The molecule has 1 aromatic heterocycles. The highest BCUT2D eigenvalue weighted by Crippen LogP contribution is 2.16. The number of aryl methyl sites for hydroxylation is 1. The molecule has 2 rings (SSSR count). The van der Waals surface area contributed by atoms with E-state index in [1.165, 1.54) is 4.68 Å². The molecule has 0 bridgehead atoms. The first kappa shape index (κ1) is 14.8. The Morgan fingerprint density at radius 1 is 1.29 bits per heavy atom. The van der Waals surface area contributed by atoms with Gasteiger partial charge in [0.05, 0.1) is 20.1 Å². The van der Waals surface area contributed by atoms with Crippen LogP contribution in [0.4, 0.5) is 0 Å². The van der Waals surface area contributed by atoms with Crippen molar-refractivity contribution in [2.24, 2.45) is 7.05 Å². The molecule has 0 atom stereocenters. The van der Waals surface area contributed by atoms with Crippen molar-refractivity contribution >= 4 is 5.91 Å². The number of methoxy groups -OCH3 is 1. The van der Waals surface area contributed by atoms with E-state index in [1.54, 1.807) is 14.2 Å². The lowest BCUT2D eigenvalue weighted by atomic mass is 10.3. The molecule has 8 nitrogen and oxygen atoms in total. The van der Waals surface area contributed by atoms with Crippen LogP contribution < -0.4 is 14.8 Å². The molecule has 2 aromatic rings. The maximum absolute atomic E-state index is 11.7. The van der Waals surface area contributed by atoms with Crippen LogP contribution in [0.3, 0.4) is 0 Å². The van der Waals surface area contributed by atoms with Crippen LogP contribution >= 0.6 is 0 Å². The van der Waals surface area contributed by atoms with E-state index < -0.39 is 0 Å². The van der Waals surface area contributed by atoms with Crippen LogP contribution in [0.2, 0.25) is 0 Å². The molecule has 0 aliphatic carbocycles. The van der Waals surface area contributed by atoms with Gasteiger partial charge in [-0.2, -0.15) is 0 Å². The summed E-state index contributed by atoms with van der Waals surface area (Å²) >= 11 is 0. The Morgan fingerprint density at radius 2 is 2.00 bits per heavy atom. The van der Waals surface area contributed by atoms with Gasteiger partial charge >= 0.3 is 0 Å². The number of nitrogens with zero attached hydrogens (tertiary/aromatic N) is 4. The summed E-state index contributed by atoms with van der Waals surface area (Å²) in [6.07, 6.45) is 0.145. The van der Waals surface area contributed by atoms with Crippen molar-refractivity contribution in [1.82, 2.24) is 25.5 Å². The molecule has 0 aliphatic heterocycles. The van der Waals surface area contributed by atoms with Crippen molar-refractivity contribution in [3.63, 3.8) is 0 Å². The zero-order chi connectivity index (χ0) is 15.1. The Kier molecular flexibility index (Phi) is 5.08. The zero-order valence-corrected chi connectivity index (χ0v) is 11.9. The smallest absolute Gasteiger partial charge is 0.227 e. The molecule has 0 aliphatic rings. The lowest BCUT2D eigenvalue weighted by Gasteiger charge is -2.08. The van der Waals surface area contributed by atoms with Gasteiger partial charge in [0.2, 0.25) is 5.91 Å². The third-order valence-corrected chi connectivity index (χ3v) is 2.78. The first-order valence-corrected chi connectivity index (χ1v) is 6.44. The van der Waals surface area contributed by atoms with Crippen LogP contribution in [-0.4, -0.2) is 46.4 Å². The lowest BCUT2D eigenvalue weighted by Crippen LogP contribution is -2.30. The zero-order valence-electron chi connectivity index (χ0n) is 11.9. The van der Waals surface area contributed by atoms with Gasteiger partial charge in [-0.1, -0.05) is 0 Å². The van der Waals surface area contributed by atoms with Gasteiger partial charge in [-0.25, -0.2) is 4.68 Å². The van der Waals surface area contributed by atoms with Crippen LogP contribution in [0.25, 0.3) is 0 Å². The minimum atomic E-state index is -0.147. The molecule has 0 unspecified atom stereocenters. The quantitative estimate of drug-likeness (QED) is 0.720. The maximum atomic E-state index is 11.7. The van der Waals surface area contributed by atoms with Crippen LogP contribution in [-0.2, 0) is 18.3 Å². The minimum Gasteiger partial charge on any atom is -0.497 e. The molecule has 0 saturated heterocycles. The maximum Gasteiger partial charge on any atom is 0.227 e. The first-order valence-electron chi connectivity index (χ1n) is 6.44. The van der Waals surface area contributed by atoms with E-state index in [0.29, 0.717) is 19.0 Å².